The molecule has 3 heteroatoms. The van der Waals surface area contributed by atoms with Crippen LogP contribution < -0.4 is 0 Å². The molecule has 1 aromatic carbocycles. The fourth-order valence-corrected chi connectivity index (χ4v) is 2.77. The van der Waals surface area contributed by atoms with Gasteiger partial charge in [-0.25, -0.2) is 0 Å². The average Bonchev–Trinajstić information content (AvgIpc) is 1.82. The standard InChI is InChI=1S/C9H11ClOS/c1-6-4-7(2)9(12(10)11)8(3)5-6/h4-5H,1-3H3. The van der Waals surface area contributed by atoms with E-state index in [1.54, 1.807) is 0 Å². The van der Waals surface area contributed by atoms with Gasteiger partial charge in [-0.05, 0) is 20.8 Å². The van der Waals surface area contributed by atoms with Crippen molar-refractivity contribution in [3.05, 3.63) is 28.8 Å². The zero-order chi connectivity index (χ0) is 9.30. The topological polar surface area (TPSA) is 23.1 Å². The van der Waals surface area contributed by atoms with Crippen molar-refractivity contribution in [2.75, 3.05) is 0 Å². The Labute approximate surface area is 80.4 Å². The Morgan fingerprint density at radius 1 is 1.17 bits per heavy atom. The molecule has 0 aliphatic heterocycles. The van der Waals surface area contributed by atoms with Crippen LogP contribution in [0.15, 0.2) is 17.0 Å². The summed E-state index contributed by atoms with van der Waals surface area (Å²) < 4.78 is 11.1. The fourth-order valence-electron chi connectivity index (χ4n) is 1.42. The van der Waals surface area contributed by atoms with Gasteiger partial charge in [-0.1, -0.05) is 17.7 Å². The average molecular weight is 203 g/mol. The lowest BCUT2D eigenvalue weighted by atomic mass is 10.1. The van der Waals surface area contributed by atoms with E-state index >= 15 is 0 Å². The van der Waals surface area contributed by atoms with Crippen LogP contribution in [-0.4, -0.2) is 4.55 Å². The number of halogens is 1. The van der Waals surface area contributed by atoms with Crippen molar-refractivity contribution < 1.29 is 4.55 Å². The molecule has 0 aliphatic rings. The molecule has 66 valence electrons. The largest absolute Gasteiger partial charge is 0.594 e. The number of hydrogen-bond acceptors (Lipinski definition) is 1. The Balaban J connectivity index is 3.28. The van der Waals surface area contributed by atoms with Gasteiger partial charge in [-0.2, -0.15) is 0 Å². The molecular formula is C9H11ClOS. The van der Waals surface area contributed by atoms with Crippen molar-refractivity contribution in [3.8, 4) is 0 Å². The van der Waals surface area contributed by atoms with E-state index < -0.39 is 10.4 Å². The zero-order valence-corrected chi connectivity index (χ0v) is 8.92. The number of benzene rings is 1. The minimum atomic E-state index is -1.39. The van der Waals surface area contributed by atoms with Crippen molar-refractivity contribution in [3.63, 3.8) is 0 Å². The minimum Gasteiger partial charge on any atom is -0.594 e. The third-order valence-electron chi connectivity index (χ3n) is 1.77. The molecule has 12 heavy (non-hydrogen) atoms. The summed E-state index contributed by atoms with van der Waals surface area (Å²) in [6.07, 6.45) is 0. The van der Waals surface area contributed by atoms with E-state index in [0.29, 0.717) is 0 Å². The highest BCUT2D eigenvalue weighted by molar-refractivity contribution is 8.13. The first-order chi connectivity index (χ1) is 5.52. The maximum absolute atomic E-state index is 11.1. The molecule has 0 saturated heterocycles. The van der Waals surface area contributed by atoms with E-state index in [9.17, 15) is 4.55 Å². The summed E-state index contributed by atoms with van der Waals surface area (Å²) in [5, 5.41) is 0. The van der Waals surface area contributed by atoms with Crippen molar-refractivity contribution in [1.82, 2.24) is 0 Å². The van der Waals surface area contributed by atoms with Gasteiger partial charge in [-0.3, -0.25) is 0 Å². The lowest BCUT2D eigenvalue weighted by Gasteiger charge is -2.07. The lowest BCUT2D eigenvalue weighted by Crippen LogP contribution is -1.98. The molecule has 1 nitrogen and oxygen atoms in total. The Morgan fingerprint density at radius 3 is 1.92 bits per heavy atom. The Bertz CT molecular complexity index is 274. The van der Waals surface area contributed by atoms with Crippen LogP contribution in [0.25, 0.3) is 0 Å². The molecule has 1 unspecified atom stereocenters. The molecule has 0 spiro atoms. The van der Waals surface area contributed by atoms with E-state index in [4.69, 9.17) is 10.7 Å². The second-order valence-electron chi connectivity index (χ2n) is 2.95. The molecule has 0 aromatic heterocycles. The Hall–Kier alpha value is -0.180. The van der Waals surface area contributed by atoms with Crippen LogP contribution in [0.1, 0.15) is 16.7 Å². The lowest BCUT2D eigenvalue weighted by molar-refractivity contribution is 0.607. The van der Waals surface area contributed by atoms with Gasteiger partial charge in [0, 0.05) is 11.1 Å². The van der Waals surface area contributed by atoms with Crippen LogP contribution in [-0.2, 0) is 10.4 Å². The van der Waals surface area contributed by atoms with Gasteiger partial charge in [-0.15, -0.1) is 0 Å². The summed E-state index contributed by atoms with van der Waals surface area (Å²) >= 11 is 0. The predicted octanol–water partition coefficient (Wildman–Crippen LogP) is 2.87. The zero-order valence-electron chi connectivity index (χ0n) is 7.35. The highest BCUT2D eigenvalue weighted by Gasteiger charge is 2.15. The summed E-state index contributed by atoms with van der Waals surface area (Å²) in [5.41, 5.74) is 3.18. The molecule has 0 saturated carbocycles. The van der Waals surface area contributed by atoms with Crippen molar-refractivity contribution in [2.24, 2.45) is 0 Å². The van der Waals surface area contributed by atoms with E-state index in [1.807, 2.05) is 32.9 Å². The molecule has 0 aliphatic carbocycles. The SMILES string of the molecule is Cc1cc(C)c([S+]([O-])Cl)c(C)c1. The van der Waals surface area contributed by atoms with Crippen LogP contribution in [0.4, 0.5) is 0 Å². The summed E-state index contributed by atoms with van der Waals surface area (Å²) in [6, 6.07) is 3.98. The Morgan fingerprint density at radius 2 is 1.58 bits per heavy atom. The van der Waals surface area contributed by atoms with Crippen molar-refractivity contribution in [1.29, 1.82) is 0 Å². The van der Waals surface area contributed by atoms with Gasteiger partial charge in [0.25, 0.3) is 0 Å². The van der Waals surface area contributed by atoms with Crippen LogP contribution in [0.5, 0.6) is 0 Å². The first-order valence-corrected chi connectivity index (χ1v) is 5.66. The number of aryl methyl sites for hydroxylation is 3. The fraction of sp³-hybridized carbons (Fsp3) is 0.333. The molecule has 1 rings (SSSR count). The molecule has 0 amide bonds. The summed E-state index contributed by atoms with van der Waals surface area (Å²) in [6.45, 7) is 5.87. The van der Waals surface area contributed by atoms with Gasteiger partial charge < -0.3 is 4.55 Å². The molecule has 0 heterocycles. The van der Waals surface area contributed by atoms with Gasteiger partial charge in [0.2, 0.25) is 0 Å². The molecule has 0 fully saturated rings. The predicted molar refractivity (Wildman–Crippen MR) is 52.9 cm³/mol. The third-order valence-corrected chi connectivity index (χ3v) is 3.19. The highest BCUT2D eigenvalue weighted by Crippen LogP contribution is 2.24. The smallest absolute Gasteiger partial charge is 0.181 e. The van der Waals surface area contributed by atoms with E-state index in [2.05, 4.69) is 0 Å². The number of rotatable bonds is 1. The minimum absolute atomic E-state index is 0.752. The van der Waals surface area contributed by atoms with Gasteiger partial charge in [0.15, 0.2) is 15.6 Å². The number of hydrogen-bond donors (Lipinski definition) is 0. The maximum Gasteiger partial charge on any atom is 0.181 e. The van der Waals surface area contributed by atoms with Crippen molar-refractivity contribution >= 4 is 21.1 Å². The van der Waals surface area contributed by atoms with Crippen LogP contribution in [0.3, 0.4) is 0 Å². The van der Waals surface area contributed by atoms with Gasteiger partial charge in [0.1, 0.15) is 10.4 Å². The molecule has 0 radical (unpaired) electrons. The van der Waals surface area contributed by atoms with Crippen LogP contribution in [0.2, 0.25) is 0 Å². The second kappa shape index (κ2) is 3.69. The van der Waals surface area contributed by atoms with Crippen LogP contribution in [0, 0.1) is 20.8 Å². The maximum atomic E-state index is 11.1. The first-order valence-electron chi connectivity index (χ1n) is 3.68. The van der Waals surface area contributed by atoms with E-state index in [0.717, 1.165) is 16.0 Å². The first kappa shape index (κ1) is 9.90. The van der Waals surface area contributed by atoms with Crippen molar-refractivity contribution in [2.45, 2.75) is 25.7 Å². The highest BCUT2D eigenvalue weighted by atomic mass is 35.7. The van der Waals surface area contributed by atoms with Crippen LogP contribution >= 0.6 is 10.7 Å². The molecule has 1 atom stereocenters. The summed E-state index contributed by atoms with van der Waals surface area (Å²) in [4.78, 5) is 0.752. The quantitative estimate of drug-likeness (QED) is 0.643. The third kappa shape index (κ3) is 1.94. The normalized spacial score (nSPS) is 13.1. The van der Waals surface area contributed by atoms with E-state index in [-0.39, 0.29) is 0 Å². The van der Waals surface area contributed by atoms with E-state index in [1.165, 1.54) is 5.56 Å². The monoisotopic (exact) mass is 202 g/mol. The molecule has 0 N–H and O–H groups in total. The summed E-state index contributed by atoms with van der Waals surface area (Å²) in [5.74, 6) is 0. The van der Waals surface area contributed by atoms with Gasteiger partial charge >= 0.3 is 0 Å². The molecule has 1 aromatic rings. The Kier molecular flexibility index (Phi) is 3.04. The van der Waals surface area contributed by atoms with Gasteiger partial charge in [0.05, 0.1) is 0 Å². The molecule has 0 bridgehead atoms. The summed E-state index contributed by atoms with van der Waals surface area (Å²) in [7, 11) is 4.15. The molecular weight excluding hydrogens is 192 g/mol. The second-order valence-corrected chi connectivity index (χ2v) is 4.65.